The zero-order valence-electron chi connectivity index (χ0n) is 15.1. The summed E-state index contributed by atoms with van der Waals surface area (Å²) in [5.74, 6) is 2.05. The molecule has 1 aromatic carbocycles. The molecule has 0 bridgehead atoms. The lowest BCUT2D eigenvalue weighted by Gasteiger charge is -2.11. The average Bonchev–Trinajstić information content (AvgIpc) is 3.06. The molecule has 0 amide bonds. The van der Waals surface area contributed by atoms with Crippen LogP contribution in [0.15, 0.2) is 39.8 Å². The summed E-state index contributed by atoms with van der Waals surface area (Å²) in [6.45, 7) is 7.75. The van der Waals surface area contributed by atoms with E-state index < -0.39 is 0 Å². The van der Waals surface area contributed by atoms with E-state index in [0.29, 0.717) is 12.5 Å². The number of aliphatic imine (C=N–C) groups is 1. The van der Waals surface area contributed by atoms with E-state index in [9.17, 15) is 0 Å². The highest BCUT2D eigenvalue weighted by Gasteiger charge is 2.13. The molecular formula is C19H28N4O. The Bertz CT molecular complexity index is 642. The largest absolute Gasteiger partial charge is 0.359 e. The van der Waals surface area contributed by atoms with E-state index in [2.05, 4.69) is 65.8 Å². The molecule has 0 aliphatic carbocycles. The van der Waals surface area contributed by atoms with Gasteiger partial charge in [-0.25, -0.2) is 0 Å². The van der Waals surface area contributed by atoms with Gasteiger partial charge in [-0.3, -0.25) is 4.99 Å². The fourth-order valence-corrected chi connectivity index (χ4v) is 2.59. The molecule has 5 nitrogen and oxygen atoms in total. The van der Waals surface area contributed by atoms with Crippen molar-refractivity contribution in [2.75, 3.05) is 7.05 Å². The van der Waals surface area contributed by atoms with E-state index in [4.69, 9.17) is 4.52 Å². The van der Waals surface area contributed by atoms with Crippen LogP contribution in [0.3, 0.4) is 0 Å². The van der Waals surface area contributed by atoms with Crippen molar-refractivity contribution in [3.63, 3.8) is 0 Å². The van der Waals surface area contributed by atoms with Crippen LogP contribution in [0.1, 0.15) is 55.2 Å². The zero-order valence-corrected chi connectivity index (χ0v) is 15.1. The molecular weight excluding hydrogens is 300 g/mol. The van der Waals surface area contributed by atoms with Crippen molar-refractivity contribution in [3.05, 3.63) is 52.9 Å². The molecule has 1 heterocycles. The van der Waals surface area contributed by atoms with Crippen LogP contribution in [-0.2, 0) is 13.1 Å². The minimum absolute atomic E-state index is 0.474. The van der Waals surface area contributed by atoms with Crippen LogP contribution in [0.4, 0.5) is 0 Å². The van der Waals surface area contributed by atoms with E-state index in [0.717, 1.165) is 36.8 Å². The Kier molecular flexibility index (Phi) is 6.85. The topological polar surface area (TPSA) is 62.5 Å². The second kappa shape index (κ2) is 9.11. The van der Waals surface area contributed by atoms with Crippen molar-refractivity contribution in [2.24, 2.45) is 4.99 Å². The maximum absolute atomic E-state index is 5.42. The van der Waals surface area contributed by atoms with Crippen molar-refractivity contribution >= 4 is 5.96 Å². The van der Waals surface area contributed by atoms with Crippen molar-refractivity contribution in [1.29, 1.82) is 0 Å². The van der Waals surface area contributed by atoms with Crippen LogP contribution >= 0.6 is 0 Å². The van der Waals surface area contributed by atoms with Gasteiger partial charge in [0.25, 0.3) is 0 Å². The average molecular weight is 328 g/mol. The first-order valence-electron chi connectivity index (χ1n) is 8.61. The van der Waals surface area contributed by atoms with E-state index in [-0.39, 0.29) is 0 Å². The van der Waals surface area contributed by atoms with Crippen molar-refractivity contribution in [2.45, 2.75) is 52.6 Å². The maximum atomic E-state index is 5.42. The summed E-state index contributed by atoms with van der Waals surface area (Å²) in [6.07, 6.45) is 2.16. The number of hydrogen-bond donors (Lipinski definition) is 2. The first-order chi connectivity index (χ1) is 11.7. The van der Waals surface area contributed by atoms with Gasteiger partial charge in [-0.05, 0) is 25.3 Å². The number of benzene rings is 1. The standard InChI is InChI=1S/C19H28N4O/c1-5-16(6-2)18-11-17(24-23-18)13-22-19(20-4)21-12-15-9-7-14(3)8-10-15/h7-11,16H,5-6,12-13H2,1-4H3,(H2,20,21,22). The Morgan fingerprint density at radius 1 is 1.12 bits per heavy atom. The SMILES string of the molecule is CCC(CC)c1cc(CNC(=NC)NCc2ccc(C)cc2)on1. The monoisotopic (exact) mass is 328 g/mol. The molecule has 0 unspecified atom stereocenters. The third-order valence-corrected chi connectivity index (χ3v) is 4.22. The predicted molar refractivity (Wildman–Crippen MR) is 98.0 cm³/mol. The van der Waals surface area contributed by atoms with Crippen molar-refractivity contribution < 1.29 is 4.52 Å². The van der Waals surface area contributed by atoms with Gasteiger partial charge < -0.3 is 15.2 Å². The lowest BCUT2D eigenvalue weighted by molar-refractivity contribution is 0.368. The summed E-state index contributed by atoms with van der Waals surface area (Å²) in [7, 11) is 1.76. The van der Waals surface area contributed by atoms with Gasteiger partial charge in [-0.1, -0.05) is 48.8 Å². The molecule has 0 atom stereocenters. The predicted octanol–water partition coefficient (Wildman–Crippen LogP) is 3.75. The van der Waals surface area contributed by atoms with Gasteiger partial charge in [-0.15, -0.1) is 0 Å². The Labute approximate surface area is 144 Å². The van der Waals surface area contributed by atoms with Crippen molar-refractivity contribution in [3.8, 4) is 0 Å². The fourth-order valence-electron chi connectivity index (χ4n) is 2.59. The van der Waals surface area contributed by atoms with Crippen LogP contribution < -0.4 is 10.6 Å². The number of nitrogens with one attached hydrogen (secondary N) is 2. The molecule has 5 heteroatoms. The highest BCUT2D eigenvalue weighted by molar-refractivity contribution is 5.79. The summed E-state index contributed by atoms with van der Waals surface area (Å²) in [5, 5.41) is 10.8. The molecule has 2 rings (SSSR count). The molecule has 0 spiro atoms. The first kappa shape index (κ1) is 18.0. The molecule has 2 aromatic rings. The number of rotatable bonds is 7. The van der Waals surface area contributed by atoms with Crippen LogP contribution in [0.25, 0.3) is 0 Å². The summed E-state index contributed by atoms with van der Waals surface area (Å²) in [6, 6.07) is 10.5. The van der Waals surface area contributed by atoms with E-state index >= 15 is 0 Å². The van der Waals surface area contributed by atoms with Gasteiger partial charge in [0.2, 0.25) is 0 Å². The van der Waals surface area contributed by atoms with Crippen LogP contribution in [0.5, 0.6) is 0 Å². The third kappa shape index (κ3) is 5.11. The molecule has 2 N–H and O–H groups in total. The lowest BCUT2D eigenvalue weighted by Crippen LogP contribution is -2.36. The Hall–Kier alpha value is -2.30. The van der Waals surface area contributed by atoms with E-state index in [1.54, 1.807) is 7.05 Å². The smallest absolute Gasteiger partial charge is 0.191 e. The normalized spacial score (nSPS) is 11.8. The molecule has 0 saturated heterocycles. The molecule has 0 saturated carbocycles. The van der Waals surface area contributed by atoms with Gasteiger partial charge in [0.1, 0.15) is 0 Å². The van der Waals surface area contributed by atoms with E-state index in [1.165, 1.54) is 11.1 Å². The third-order valence-electron chi connectivity index (χ3n) is 4.22. The van der Waals surface area contributed by atoms with Gasteiger partial charge >= 0.3 is 0 Å². The molecule has 1 aromatic heterocycles. The Balaban J connectivity index is 1.84. The number of guanidine groups is 1. The highest BCUT2D eigenvalue weighted by atomic mass is 16.5. The number of hydrogen-bond acceptors (Lipinski definition) is 3. The summed E-state index contributed by atoms with van der Waals surface area (Å²) < 4.78 is 5.42. The van der Waals surface area contributed by atoms with Gasteiger partial charge in [0.05, 0.1) is 12.2 Å². The van der Waals surface area contributed by atoms with Crippen LogP contribution in [-0.4, -0.2) is 18.2 Å². The molecule has 24 heavy (non-hydrogen) atoms. The maximum Gasteiger partial charge on any atom is 0.191 e. The summed E-state index contributed by atoms with van der Waals surface area (Å²) in [5.41, 5.74) is 3.53. The number of aromatic nitrogens is 1. The summed E-state index contributed by atoms with van der Waals surface area (Å²) in [4.78, 5) is 4.24. The fraction of sp³-hybridized carbons (Fsp3) is 0.474. The first-order valence-corrected chi connectivity index (χ1v) is 8.61. The second-order valence-corrected chi connectivity index (χ2v) is 6.00. The molecule has 130 valence electrons. The van der Waals surface area contributed by atoms with E-state index in [1.807, 2.05) is 6.07 Å². The zero-order chi connectivity index (χ0) is 17.4. The van der Waals surface area contributed by atoms with Crippen molar-refractivity contribution in [1.82, 2.24) is 15.8 Å². The van der Waals surface area contributed by atoms with Gasteiger partial charge in [0.15, 0.2) is 11.7 Å². The highest BCUT2D eigenvalue weighted by Crippen LogP contribution is 2.22. The number of nitrogens with zero attached hydrogens (tertiary/aromatic N) is 2. The minimum Gasteiger partial charge on any atom is -0.359 e. The second-order valence-electron chi connectivity index (χ2n) is 6.00. The number of aryl methyl sites for hydroxylation is 1. The molecule has 0 aliphatic heterocycles. The van der Waals surface area contributed by atoms with Gasteiger partial charge in [-0.2, -0.15) is 0 Å². The lowest BCUT2D eigenvalue weighted by atomic mass is 9.99. The minimum atomic E-state index is 0.474. The van der Waals surface area contributed by atoms with Gasteiger partial charge in [0, 0.05) is 25.6 Å². The molecule has 0 radical (unpaired) electrons. The van der Waals surface area contributed by atoms with Crippen LogP contribution in [0.2, 0.25) is 0 Å². The molecule has 0 fully saturated rings. The molecule has 0 aliphatic rings. The summed E-state index contributed by atoms with van der Waals surface area (Å²) >= 11 is 0. The van der Waals surface area contributed by atoms with Crippen LogP contribution in [0, 0.1) is 6.92 Å². The quantitative estimate of drug-likeness (QED) is 0.600. The Morgan fingerprint density at radius 3 is 2.42 bits per heavy atom. The Morgan fingerprint density at radius 2 is 1.79 bits per heavy atom.